The Morgan fingerprint density at radius 3 is 2.65 bits per heavy atom. The molecule has 1 saturated heterocycles. The standard InChI is InChI=1S/C21H18Cl2N4O3.ClH/c22-13-5-6-17(16(23)11-13)27-20-14-3-1-2-4-18(14)30-12-15(20)19(24-27)21(28)25-26-7-9-29-10-8-26;/h1-6,11H,7-10,12H2,(H,25,28);1H. The van der Waals surface area contributed by atoms with E-state index >= 15 is 0 Å². The van der Waals surface area contributed by atoms with E-state index in [0.29, 0.717) is 53.3 Å². The SMILES string of the molecule is Cl.O=C(NN1CCOCC1)c1nn(-c2ccc(Cl)cc2Cl)c2c1COc1ccccc1-2. The van der Waals surface area contributed by atoms with Gasteiger partial charge in [0.05, 0.1) is 29.6 Å². The lowest BCUT2D eigenvalue weighted by Crippen LogP contribution is -2.48. The molecule has 7 nitrogen and oxygen atoms in total. The number of hydrazine groups is 1. The summed E-state index contributed by atoms with van der Waals surface area (Å²) in [5.74, 6) is 0.441. The fourth-order valence-corrected chi connectivity index (χ4v) is 4.17. The summed E-state index contributed by atoms with van der Waals surface area (Å²) in [4.78, 5) is 13.1. The molecule has 0 unspecified atom stereocenters. The molecule has 2 aliphatic rings. The highest BCUT2D eigenvalue weighted by Gasteiger charge is 2.31. The molecule has 3 heterocycles. The second-order valence-corrected chi connectivity index (χ2v) is 7.85. The number of benzene rings is 2. The van der Waals surface area contributed by atoms with Crippen LogP contribution < -0.4 is 10.2 Å². The van der Waals surface area contributed by atoms with Crippen molar-refractivity contribution in [3.63, 3.8) is 0 Å². The summed E-state index contributed by atoms with van der Waals surface area (Å²) in [6, 6.07) is 12.9. The van der Waals surface area contributed by atoms with E-state index in [-0.39, 0.29) is 24.9 Å². The number of fused-ring (bicyclic) bond motifs is 3. The molecule has 1 fully saturated rings. The van der Waals surface area contributed by atoms with E-state index in [1.165, 1.54) is 0 Å². The molecule has 0 atom stereocenters. The van der Waals surface area contributed by atoms with Crippen LogP contribution in [0.15, 0.2) is 42.5 Å². The molecule has 1 N–H and O–H groups in total. The molecular weight excluding hydrogens is 463 g/mol. The lowest BCUT2D eigenvalue weighted by Gasteiger charge is -2.26. The summed E-state index contributed by atoms with van der Waals surface area (Å²) < 4.78 is 12.9. The molecule has 0 spiro atoms. The number of morpholine rings is 1. The van der Waals surface area contributed by atoms with Crippen molar-refractivity contribution >= 4 is 41.5 Å². The molecule has 0 aliphatic carbocycles. The third kappa shape index (κ3) is 4.12. The summed E-state index contributed by atoms with van der Waals surface area (Å²) in [5.41, 5.74) is 6.22. The van der Waals surface area contributed by atoms with Gasteiger partial charge < -0.3 is 9.47 Å². The molecule has 1 aromatic heterocycles. The van der Waals surface area contributed by atoms with Crippen LogP contribution in [0.2, 0.25) is 10.0 Å². The maximum Gasteiger partial charge on any atom is 0.286 e. The molecule has 0 bridgehead atoms. The minimum atomic E-state index is -0.292. The zero-order valence-electron chi connectivity index (χ0n) is 16.3. The first-order chi connectivity index (χ1) is 14.6. The van der Waals surface area contributed by atoms with Crippen molar-refractivity contribution in [3.05, 3.63) is 63.8 Å². The zero-order valence-corrected chi connectivity index (χ0v) is 18.6. The van der Waals surface area contributed by atoms with Gasteiger partial charge in [-0.1, -0.05) is 35.3 Å². The highest BCUT2D eigenvalue weighted by atomic mass is 35.5. The third-order valence-electron chi connectivity index (χ3n) is 5.12. The molecule has 5 rings (SSSR count). The highest BCUT2D eigenvalue weighted by molar-refractivity contribution is 6.35. The Morgan fingerprint density at radius 1 is 1.10 bits per heavy atom. The van der Waals surface area contributed by atoms with Crippen LogP contribution in [0, 0.1) is 0 Å². The van der Waals surface area contributed by atoms with E-state index < -0.39 is 0 Å². The van der Waals surface area contributed by atoms with Crippen molar-refractivity contribution in [1.29, 1.82) is 0 Å². The maximum atomic E-state index is 13.1. The van der Waals surface area contributed by atoms with E-state index in [1.54, 1.807) is 22.9 Å². The van der Waals surface area contributed by atoms with Crippen LogP contribution in [0.4, 0.5) is 0 Å². The number of amides is 1. The van der Waals surface area contributed by atoms with E-state index in [0.717, 1.165) is 17.0 Å². The first-order valence-corrected chi connectivity index (χ1v) is 10.3. The molecule has 2 aliphatic heterocycles. The summed E-state index contributed by atoms with van der Waals surface area (Å²) in [6.07, 6.45) is 0. The van der Waals surface area contributed by atoms with Gasteiger partial charge in [-0.05, 0) is 30.3 Å². The Morgan fingerprint density at radius 2 is 1.87 bits per heavy atom. The molecular formula is C21H19Cl3N4O3. The lowest BCUT2D eigenvalue weighted by molar-refractivity contribution is 0.0124. The Hall–Kier alpha value is -2.29. The van der Waals surface area contributed by atoms with Gasteiger partial charge >= 0.3 is 0 Å². The van der Waals surface area contributed by atoms with Gasteiger partial charge in [0, 0.05) is 29.2 Å². The van der Waals surface area contributed by atoms with Crippen LogP contribution in [0.5, 0.6) is 5.75 Å². The predicted molar refractivity (Wildman–Crippen MR) is 120 cm³/mol. The zero-order chi connectivity index (χ0) is 20.7. The van der Waals surface area contributed by atoms with Gasteiger partial charge in [0.2, 0.25) is 0 Å². The summed E-state index contributed by atoms with van der Waals surface area (Å²) in [6.45, 7) is 2.63. The van der Waals surface area contributed by atoms with Gasteiger partial charge in [0.25, 0.3) is 5.91 Å². The number of aromatic nitrogens is 2. The fourth-order valence-electron chi connectivity index (χ4n) is 3.68. The average Bonchev–Trinajstić information content (AvgIpc) is 3.14. The van der Waals surface area contributed by atoms with Gasteiger partial charge in [-0.15, -0.1) is 12.4 Å². The molecule has 1 amide bonds. The number of para-hydroxylation sites is 1. The van der Waals surface area contributed by atoms with Gasteiger partial charge in [-0.2, -0.15) is 5.10 Å². The Kier molecular flexibility index (Phi) is 6.41. The maximum absolute atomic E-state index is 13.1. The first-order valence-electron chi connectivity index (χ1n) is 9.55. The van der Waals surface area contributed by atoms with E-state index in [2.05, 4.69) is 10.5 Å². The van der Waals surface area contributed by atoms with Crippen molar-refractivity contribution in [2.75, 3.05) is 26.3 Å². The number of carbonyl (C=O) groups excluding carboxylic acids is 1. The Bertz CT molecular complexity index is 1130. The van der Waals surface area contributed by atoms with Gasteiger partial charge in [0.1, 0.15) is 12.4 Å². The fraction of sp³-hybridized carbons (Fsp3) is 0.238. The largest absolute Gasteiger partial charge is 0.488 e. The lowest BCUT2D eigenvalue weighted by atomic mass is 10.0. The molecule has 2 aromatic carbocycles. The van der Waals surface area contributed by atoms with Crippen LogP contribution in [0.25, 0.3) is 16.9 Å². The number of hydrogen-bond donors (Lipinski definition) is 1. The molecule has 10 heteroatoms. The van der Waals surface area contributed by atoms with Gasteiger partial charge in [0.15, 0.2) is 5.69 Å². The molecule has 0 radical (unpaired) electrons. The normalized spacial score (nSPS) is 15.3. The topological polar surface area (TPSA) is 68.6 Å². The number of hydrogen-bond acceptors (Lipinski definition) is 5. The monoisotopic (exact) mass is 480 g/mol. The Labute approximate surface area is 195 Å². The van der Waals surface area contributed by atoms with Crippen molar-refractivity contribution in [3.8, 4) is 22.7 Å². The van der Waals surface area contributed by atoms with E-state index in [1.807, 2.05) is 29.3 Å². The van der Waals surface area contributed by atoms with Crippen molar-refractivity contribution in [2.24, 2.45) is 0 Å². The smallest absolute Gasteiger partial charge is 0.286 e. The van der Waals surface area contributed by atoms with E-state index in [9.17, 15) is 4.79 Å². The highest BCUT2D eigenvalue weighted by Crippen LogP contribution is 2.41. The third-order valence-corrected chi connectivity index (χ3v) is 5.66. The summed E-state index contributed by atoms with van der Waals surface area (Å²) in [5, 5.41) is 7.46. The molecule has 31 heavy (non-hydrogen) atoms. The van der Waals surface area contributed by atoms with Crippen molar-refractivity contribution < 1.29 is 14.3 Å². The van der Waals surface area contributed by atoms with Crippen molar-refractivity contribution in [1.82, 2.24) is 20.2 Å². The summed E-state index contributed by atoms with van der Waals surface area (Å²) in [7, 11) is 0. The number of ether oxygens (including phenoxy) is 2. The minimum absolute atomic E-state index is 0. The number of carbonyl (C=O) groups is 1. The van der Waals surface area contributed by atoms with Crippen LogP contribution in [0.1, 0.15) is 16.1 Å². The number of nitrogens with one attached hydrogen (secondary N) is 1. The minimum Gasteiger partial charge on any atom is -0.488 e. The number of nitrogens with zero attached hydrogens (tertiary/aromatic N) is 3. The second kappa shape index (κ2) is 9.06. The van der Waals surface area contributed by atoms with Crippen molar-refractivity contribution in [2.45, 2.75) is 6.61 Å². The van der Waals surface area contributed by atoms with Gasteiger partial charge in [-0.3, -0.25) is 10.2 Å². The quantitative estimate of drug-likeness (QED) is 0.609. The second-order valence-electron chi connectivity index (χ2n) is 7.01. The molecule has 162 valence electrons. The van der Waals surface area contributed by atoms with Gasteiger partial charge in [-0.25, -0.2) is 9.69 Å². The predicted octanol–water partition coefficient (Wildman–Crippen LogP) is 4.14. The molecule has 0 saturated carbocycles. The van der Waals surface area contributed by atoms with Crippen LogP contribution in [-0.2, 0) is 11.3 Å². The average molecular weight is 482 g/mol. The summed E-state index contributed by atoms with van der Waals surface area (Å²) >= 11 is 12.6. The van der Waals surface area contributed by atoms with Crippen LogP contribution in [-0.4, -0.2) is 47.0 Å². The van der Waals surface area contributed by atoms with Crippen LogP contribution >= 0.6 is 35.6 Å². The molecule has 3 aromatic rings. The van der Waals surface area contributed by atoms with Crippen LogP contribution in [0.3, 0.4) is 0 Å². The first kappa shape index (κ1) is 21.9. The van der Waals surface area contributed by atoms with E-state index in [4.69, 9.17) is 32.7 Å². The number of rotatable bonds is 3. The number of halogens is 3. The Balaban J connectivity index is 0.00000231.